The van der Waals surface area contributed by atoms with Crippen LogP contribution < -0.4 is 5.32 Å². The van der Waals surface area contributed by atoms with E-state index in [9.17, 15) is 4.79 Å². The van der Waals surface area contributed by atoms with Gasteiger partial charge in [-0.2, -0.15) is 0 Å². The lowest BCUT2D eigenvalue weighted by atomic mass is 10.1. The molecule has 4 rings (SSSR count). The van der Waals surface area contributed by atoms with Crippen LogP contribution in [0.5, 0.6) is 0 Å². The Bertz CT molecular complexity index is 1060. The summed E-state index contributed by atoms with van der Waals surface area (Å²) in [5.74, 6) is 0.111. The Balaban J connectivity index is 1.50. The predicted molar refractivity (Wildman–Crippen MR) is 101 cm³/mol. The second-order valence-electron chi connectivity index (χ2n) is 6.20. The van der Waals surface area contributed by atoms with E-state index >= 15 is 0 Å². The van der Waals surface area contributed by atoms with E-state index in [-0.39, 0.29) is 5.91 Å². The number of carbonyl (C=O) groups is 1. The van der Waals surface area contributed by atoms with Gasteiger partial charge in [0.1, 0.15) is 5.58 Å². The smallest absolute Gasteiger partial charge is 0.287 e. The van der Waals surface area contributed by atoms with E-state index in [2.05, 4.69) is 16.4 Å². The topological polar surface area (TPSA) is 67.3 Å². The Hall–Kier alpha value is -3.05. The minimum Gasteiger partial charge on any atom is -0.451 e. The Kier molecular flexibility index (Phi) is 4.46. The van der Waals surface area contributed by atoms with Gasteiger partial charge in [0.25, 0.3) is 5.91 Å². The highest BCUT2D eigenvalue weighted by Crippen LogP contribution is 2.26. The van der Waals surface area contributed by atoms with Gasteiger partial charge in [-0.25, -0.2) is 0 Å². The maximum absolute atomic E-state index is 12.6. The summed E-state index contributed by atoms with van der Waals surface area (Å²) >= 11 is 0. The van der Waals surface area contributed by atoms with Crippen LogP contribution >= 0.6 is 0 Å². The number of rotatable bonds is 6. The lowest BCUT2D eigenvalue weighted by Gasteiger charge is -2.05. The van der Waals surface area contributed by atoms with Gasteiger partial charge >= 0.3 is 0 Å². The quantitative estimate of drug-likeness (QED) is 0.553. The number of benzene rings is 2. The zero-order chi connectivity index (χ0) is 17.9. The third kappa shape index (κ3) is 2.97. The minimum atomic E-state index is -0.215. The monoisotopic (exact) mass is 348 g/mol. The number of amides is 1. The maximum Gasteiger partial charge on any atom is 0.287 e. The second kappa shape index (κ2) is 7.06. The molecular weight excluding hydrogens is 328 g/mol. The van der Waals surface area contributed by atoms with Crippen LogP contribution in [-0.2, 0) is 17.8 Å². The van der Waals surface area contributed by atoms with Crippen LogP contribution in [0.25, 0.3) is 21.9 Å². The Morgan fingerprint density at radius 3 is 2.73 bits per heavy atom. The van der Waals surface area contributed by atoms with Gasteiger partial charge in [-0.05, 0) is 24.1 Å². The summed E-state index contributed by atoms with van der Waals surface area (Å²) in [5, 5.41) is 5.06. The summed E-state index contributed by atoms with van der Waals surface area (Å²) in [6, 6.07) is 15.8. The number of methoxy groups -OCH3 is 1. The Labute approximate surface area is 151 Å². The van der Waals surface area contributed by atoms with Crippen LogP contribution in [0.1, 0.15) is 21.7 Å². The predicted octanol–water partition coefficient (Wildman–Crippen LogP) is 4.03. The van der Waals surface area contributed by atoms with Crippen molar-refractivity contribution in [2.45, 2.75) is 13.0 Å². The van der Waals surface area contributed by atoms with Crippen molar-refractivity contribution >= 4 is 27.8 Å². The highest BCUT2D eigenvalue weighted by Gasteiger charge is 2.20. The highest BCUT2D eigenvalue weighted by molar-refractivity contribution is 5.99. The molecule has 0 saturated heterocycles. The maximum atomic E-state index is 12.6. The average Bonchev–Trinajstić information content (AvgIpc) is 3.24. The number of H-pyrrole nitrogens is 1. The zero-order valence-electron chi connectivity index (χ0n) is 14.5. The largest absolute Gasteiger partial charge is 0.451 e. The van der Waals surface area contributed by atoms with Gasteiger partial charge in [-0.3, -0.25) is 4.79 Å². The van der Waals surface area contributed by atoms with Crippen molar-refractivity contribution in [1.29, 1.82) is 0 Å². The van der Waals surface area contributed by atoms with E-state index in [0.717, 1.165) is 22.9 Å². The van der Waals surface area contributed by atoms with Crippen LogP contribution in [0.3, 0.4) is 0 Å². The third-order valence-electron chi connectivity index (χ3n) is 4.55. The van der Waals surface area contributed by atoms with Crippen LogP contribution in [0.4, 0.5) is 0 Å². The van der Waals surface area contributed by atoms with E-state index in [1.54, 1.807) is 7.11 Å². The van der Waals surface area contributed by atoms with Crippen molar-refractivity contribution in [2.24, 2.45) is 0 Å². The molecule has 5 nitrogen and oxygen atoms in total. The van der Waals surface area contributed by atoms with Gasteiger partial charge in [-0.1, -0.05) is 36.4 Å². The van der Waals surface area contributed by atoms with Crippen LogP contribution in [0.15, 0.2) is 59.1 Å². The first-order chi connectivity index (χ1) is 12.8. The van der Waals surface area contributed by atoms with Gasteiger partial charge in [0, 0.05) is 41.7 Å². The van der Waals surface area contributed by atoms with Gasteiger partial charge < -0.3 is 19.5 Å². The molecule has 132 valence electrons. The van der Waals surface area contributed by atoms with Crippen molar-refractivity contribution in [3.8, 4) is 0 Å². The molecule has 0 bridgehead atoms. The number of aromatic nitrogens is 1. The molecule has 0 radical (unpaired) electrons. The number of nitrogens with one attached hydrogen (secondary N) is 2. The van der Waals surface area contributed by atoms with E-state index in [4.69, 9.17) is 9.15 Å². The molecule has 0 spiro atoms. The fourth-order valence-electron chi connectivity index (χ4n) is 3.30. The van der Waals surface area contributed by atoms with Crippen molar-refractivity contribution in [3.63, 3.8) is 0 Å². The number of furan rings is 1. The first-order valence-corrected chi connectivity index (χ1v) is 8.60. The molecule has 0 fully saturated rings. The summed E-state index contributed by atoms with van der Waals surface area (Å²) in [4.78, 5) is 15.9. The molecule has 2 heterocycles. The molecule has 26 heavy (non-hydrogen) atoms. The molecule has 2 N–H and O–H groups in total. The Morgan fingerprint density at radius 1 is 1.12 bits per heavy atom. The summed E-state index contributed by atoms with van der Waals surface area (Å²) in [5.41, 5.74) is 3.77. The number of hydrogen-bond acceptors (Lipinski definition) is 3. The third-order valence-corrected chi connectivity index (χ3v) is 4.55. The highest BCUT2D eigenvalue weighted by atomic mass is 16.5. The van der Waals surface area contributed by atoms with Crippen molar-refractivity contribution in [3.05, 3.63) is 71.6 Å². The fraction of sp³-hybridized carbons (Fsp3) is 0.190. The molecule has 1 amide bonds. The number of ether oxygens (including phenoxy) is 1. The van der Waals surface area contributed by atoms with Gasteiger partial charge in [0.15, 0.2) is 5.76 Å². The molecule has 0 aliphatic rings. The van der Waals surface area contributed by atoms with Gasteiger partial charge in [0.05, 0.1) is 6.61 Å². The first kappa shape index (κ1) is 16.4. The van der Waals surface area contributed by atoms with Crippen molar-refractivity contribution in [1.82, 2.24) is 10.3 Å². The molecule has 2 aromatic heterocycles. The van der Waals surface area contributed by atoms with Crippen molar-refractivity contribution in [2.75, 3.05) is 13.7 Å². The molecule has 5 heteroatoms. The molecule has 0 atom stereocenters. The number of fused-ring (bicyclic) bond motifs is 2. The molecule has 0 unspecified atom stereocenters. The number of carbonyl (C=O) groups excluding carboxylic acids is 1. The summed E-state index contributed by atoms with van der Waals surface area (Å²) in [6.07, 6.45) is 2.74. The van der Waals surface area contributed by atoms with Crippen LogP contribution in [0, 0.1) is 0 Å². The van der Waals surface area contributed by atoms with E-state index in [1.165, 1.54) is 10.9 Å². The summed E-state index contributed by atoms with van der Waals surface area (Å²) in [6.45, 7) is 0.867. The second-order valence-corrected chi connectivity index (χ2v) is 6.20. The van der Waals surface area contributed by atoms with E-state index < -0.39 is 0 Å². The molecule has 0 aliphatic heterocycles. The van der Waals surface area contributed by atoms with Crippen molar-refractivity contribution < 1.29 is 13.9 Å². The molecule has 4 aromatic rings. The average molecular weight is 348 g/mol. The van der Waals surface area contributed by atoms with Gasteiger partial charge in [0.2, 0.25) is 0 Å². The molecule has 0 saturated carbocycles. The molecule has 0 aliphatic carbocycles. The lowest BCUT2D eigenvalue weighted by Crippen LogP contribution is -2.26. The van der Waals surface area contributed by atoms with E-state index in [1.807, 2.05) is 48.7 Å². The fourth-order valence-corrected chi connectivity index (χ4v) is 3.30. The standard InChI is InChI=1S/C21H20N2O3/c1-25-13-17-16-7-3-5-9-19(16)26-20(17)21(24)22-11-10-14-12-23-18-8-4-2-6-15(14)18/h2-9,12,23H,10-11,13H2,1H3,(H,22,24). The number of hydrogen-bond donors (Lipinski definition) is 2. The molecule has 2 aromatic carbocycles. The minimum absolute atomic E-state index is 0.215. The van der Waals surface area contributed by atoms with Gasteiger partial charge in [-0.15, -0.1) is 0 Å². The Morgan fingerprint density at radius 2 is 1.88 bits per heavy atom. The van der Waals surface area contributed by atoms with Crippen LogP contribution in [-0.4, -0.2) is 24.5 Å². The summed E-state index contributed by atoms with van der Waals surface area (Å²) in [7, 11) is 1.61. The summed E-state index contributed by atoms with van der Waals surface area (Å²) < 4.78 is 11.0. The normalized spacial score (nSPS) is 11.3. The number of aromatic amines is 1. The SMILES string of the molecule is COCc1c(C(=O)NCCc2c[nH]c3ccccc23)oc2ccccc12. The number of para-hydroxylation sites is 2. The lowest BCUT2D eigenvalue weighted by molar-refractivity contribution is 0.0922. The van der Waals surface area contributed by atoms with E-state index in [0.29, 0.717) is 24.5 Å². The molecular formula is C21H20N2O3. The van der Waals surface area contributed by atoms with Crippen LogP contribution in [0.2, 0.25) is 0 Å². The first-order valence-electron chi connectivity index (χ1n) is 8.60. The zero-order valence-corrected chi connectivity index (χ0v) is 14.5.